The van der Waals surface area contributed by atoms with Crippen LogP contribution < -0.4 is 4.90 Å². The minimum absolute atomic E-state index is 0.0121. The Morgan fingerprint density at radius 2 is 1.97 bits per heavy atom. The molecule has 154 valence electrons. The molecular weight excluding hydrogens is 410 g/mol. The summed E-state index contributed by atoms with van der Waals surface area (Å²) in [5.74, 6) is -1.60. The van der Waals surface area contributed by atoms with E-state index in [0.29, 0.717) is 5.69 Å². The van der Waals surface area contributed by atoms with Gasteiger partial charge in [-0.05, 0) is 31.2 Å². The lowest BCUT2D eigenvalue weighted by Gasteiger charge is -2.26. The second kappa shape index (κ2) is 8.46. The standard InChI is InChI=1S/C21H18ClN3O5/c1-3-10-23(20(27)14-6-9-16(22)17(11-14)25(29)30)18-12-19(26)24(21(18)28)15-7-4-13(2)5-8-15/h3-9,11,18H,1,10,12H2,2H3. The Kier molecular flexibility index (Phi) is 5.98. The van der Waals surface area contributed by atoms with Crippen molar-refractivity contribution >= 4 is 40.7 Å². The maximum atomic E-state index is 13.1. The molecule has 0 aliphatic carbocycles. The number of nitro benzene ring substituents is 1. The number of hydrogen-bond acceptors (Lipinski definition) is 5. The highest BCUT2D eigenvalue weighted by atomic mass is 35.5. The summed E-state index contributed by atoms with van der Waals surface area (Å²) in [5, 5.41) is 11.0. The highest BCUT2D eigenvalue weighted by Crippen LogP contribution is 2.29. The molecule has 1 saturated heterocycles. The predicted octanol–water partition coefficient (Wildman–Crippen LogP) is 3.52. The third-order valence-electron chi connectivity index (χ3n) is 4.77. The lowest BCUT2D eigenvalue weighted by Crippen LogP contribution is -2.45. The van der Waals surface area contributed by atoms with Crippen LogP contribution >= 0.6 is 11.6 Å². The van der Waals surface area contributed by atoms with Gasteiger partial charge in [0.15, 0.2) is 0 Å². The summed E-state index contributed by atoms with van der Waals surface area (Å²) in [6.07, 6.45) is 1.23. The zero-order valence-corrected chi connectivity index (χ0v) is 16.8. The molecule has 0 N–H and O–H groups in total. The lowest BCUT2D eigenvalue weighted by molar-refractivity contribution is -0.384. The van der Waals surface area contributed by atoms with Crippen LogP contribution in [0.2, 0.25) is 5.02 Å². The molecule has 9 heteroatoms. The van der Waals surface area contributed by atoms with Crippen LogP contribution in [0.3, 0.4) is 0 Å². The summed E-state index contributed by atoms with van der Waals surface area (Å²) in [7, 11) is 0. The van der Waals surface area contributed by atoms with Gasteiger partial charge in [0.25, 0.3) is 17.5 Å². The van der Waals surface area contributed by atoms with E-state index in [1.165, 1.54) is 23.1 Å². The number of benzene rings is 2. The Balaban J connectivity index is 1.94. The molecule has 1 atom stereocenters. The monoisotopic (exact) mass is 427 g/mol. The number of carbonyl (C=O) groups is 3. The van der Waals surface area contributed by atoms with E-state index in [-0.39, 0.29) is 23.6 Å². The predicted molar refractivity (Wildman–Crippen MR) is 111 cm³/mol. The second-order valence-corrected chi connectivity index (χ2v) is 7.20. The van der Waals surface area contributed by atoms with Gasteiger partial charge in [0.2, 0.25) is 5.91 Å². The minimum atomic E-state index is -1.04. The van der Waals surface area contributed by atoms with Crippen molar-refractivity contribution in [3.63, 3.8) is 0 Å². The SMILES string of the molecule is C=CCN(C(=O)c1ccc(Cl)c([N+](=O)[O-])c1)C1CC(=O)N(c2ccc(C)cc2)C1=O. The van der Waals surface area contributed by atoms with Gasteiger partial charge in [-0.2, -0.15) is 0 Å². The van der Waals surface area contributed by atoms with E-state index in [2.05, 4.69) is 6.58 Å². The van der Waals surface area contributed by atoms with Crippen LogP contribution in [-0.4, -0.2) is 40.1 Å². The number of anilines is 1. The third-order valence-corrected chi connectivity index (χ3v) is 5.09. The van der Waals surface area contributed by atoms with Crippen LogP contribution in [0.5, 0.6) is 0 Å². The zero-order chi connectivity index (χ0) is 22.0. The Morgan fingerprint density at radius 1 is 1.30 bits per heavy atom. The fourth-order valence-corrected chi connectivity index (χ4v) is 3.45. The van der Waals surface area contributed by atoms with E-state index in [1.54, 1.807) is 24.3 Å². The largest absolute Gasteiger partial charge is 0.322 e. The van der Waals surface area contributed by atoms with Crippen molar-refractivity contribution in [2.45, 2.75) is 19.4 Å². The Bertz CT molecular complexity index is 1050. The summed E-state index contributed by atoms with van der Waals surface area (Å²) in [6.45, 7) is 5.48. The molecule has 1 fully saturated rings. The normalized spacial score (nSPS) is 15.9. The highest BCUT2D eigenvalue weighted by Gasteiger charge is 2.44. The summed E-state index contributed by atoms with van der Waals surface area (Å²) < 4.78 is 0. The number of nitro groups is 1. The number of rotatable bonds is 6. The van der Waals surface area contributed by atoms with Gasteiger partial charge >= 0.3 is 0 Å². The molecular formula is C21H18ClN3O5. The Morgan fingerprint density at radius 3 is 2.57 bits per heavy atom. The van der Waals surface area contributed by atoms with Gasteiger partial charge in [-0.25, -0.2) is 4.90 Å². The van der Waals surface area contributed by atoms with Crippen LogP contribution in [0.15, 0.2) is 55.1 Å². The molecule has 3 rings (SSSR count). The van der Waals surface area contributed by atoms with E-state index in [9.17, 15) is 24.5 Å². The van der Waals surface area contributed by atoms with Gasteiger partial charge in [0, 0.05) is 18.2 Å². The first kappa shape index (κ1) is 21.2. The molecule has 0 aromatic heterocycles. The molecule has 0 saturated carbocycles. The first-order valence-electron chi connectivity index (χ1n) is 9.04. The number of amides is 3. The number of halogens is 1. The molecule has 1 unspecified atom stereocenters. The van der Waals surface area contributed by atoms with E-state index in [1.807, 2.05) is 6.92 Å². The number of carbonyl (C=O) groups excluding carboxylic acids is 3. The first-order valence-corrected chi connectivity index (χ1v) is 9.41. The van der Waals surface area contributed by atoms with Gasteiger partial charge in [-0.3, -0.25) is 24.5 Å². The van der Waals surface area contributed by atoms with E-state index in [4.69, 9.17) is 11.6 Å². The van der Waals surface area contributed by atoms with Crippen molar-refractivity contribution in [1.82, 2.24) is 4.90 Å². The average Bonchev–Trinajstić information content (AvgIpc) is 3.00. The molecule has 3 amide bonds. The van der Waals surface area contributed by atoms with Gasteiger partial charge in [0.1, 0.15) is 11.1 Å². The van der Waals surface area contributed by atoms with Crippen LogP contribution in [-0.2, 0) is 9.59 Å². The van der Waals surface area contributed by atoms with Crippen LogP contribution in [0.25, 0.3) is 0 Å². The van der Waals surface area contributed by atoms with Crippen molar-refractivity contribution in [2.75, 3.05) is 11.4 Å². The number of imide groups is 1. The Hall–Kier alpha value is -3.52. The molecule has 0 bridgehead atoms. The number of hydrogen-bond donors (Lipinski definition) is 0. The zero-order valence-electron chi connectivity index (χ0n) is 16.1. The molecule has 0 spiro atoms. The summed E-state index contributed by atoms with van der Waals surface area (Å²) in [4.78, 5) is 51.4. The van der Waals surface area contributed by atoms with E-state index in [0.717, 1.165) is 16.5 Å². The Labute approximate surface area is 177 Å². The third kappa shape index (κ3) is 3.95. The smallest absolute Gasteiger partial charge is 0.288 e. The molecule has 1 aliphatic rings. The van der Waals surface area contributed by atoms with Crippen LogP contribution in [0.4, 0.5) is 11.4 Å². The topological polar surface area (TPSA) is 101 Å². The van der Waals surface area contributed by atoms with Gasteiger partial charge < -0.3 is 4.90 Å². The van der Waals surface area contributed by atoms with Gasteiger partial charge in [-0.1, -0.05) is 35.4 Å². The van der Waals surface area contributed by atoms with E-state index >= 15 is 0 Å². The second-order valence-electron chi connectivity index (χ2n) is 6.79. The molecule has 2 aromatic rings. The number of aryl methyl sites for hydroxylation is 1. The van der Waals surface area contributed by atoms with Crippen LogP contribution in [0, 0.1) is 17.0 Å². The number of nitrogens with zero attached hydrogens (tertiary/aromatic N) is 3. The fourth-order valence-electron chi connectivity index (χ4n) is 3.27. The molecule has 30 heavy (non-hydrogen) atoms. The van der Waals surface area contributed by atoms with Gasteiger partial charge in [0.05, 0.1) is 17.0 Å². The molecule has 2 aromatic carbocycles. The quantitative estimate of drug-likeness (QED) is 0.304. The minimum Gasteiger partial charge on any atom is -0.322 e. The van der Waals surface area contributed by atoms with Crippen molar-refractivity contribution < 1.29 is 19.3 Å². The highest BCUT2D eigenvalue weighted by molar-refractivity contribution is 6.32. The maximum absolute atomic E-state index is 13.1. The fraction of sp³-hybridized carbons (Fsp3) is 0.190. The van der Waals surface area contributed by atoms with Crippen molar-refractivity contribution in [2.24, 2.45) is 0 Å². The lowest BCUT2D eigenvalue weighted by atomic mass is 10.1. The maximum Gasteiger partial charge on any atom is 0.288 e. The summed E-state index contributed by atoms with van der Waals surface area (Å²) in [6, 6.07) is 9.49. The molecule has 1 heterocycles. The molecule has 1 aliphatic heterocycles. The van der Waals surface area contributed by atoms with E-state index < -0.39 is 34.4 Å². The summed E-state index contributed by atoms with van der Waals surface area (Å²) in [5.41, 5.74) is 0.964. The van der Waals surface area contributed by atoms with Crippen molar-refractivity contribution in [3.05, 3.63) is 81.4 Å². The van der Waals surface area contributed by atoms with Crippen molar-refractivity contribution in [3.8, 4) is 0 Å². The first-order chi connectivity index (χ1) is 14.2. The van der Waals surface area contributed by atoms with Gasteiger partial charge in [-0.15, -0.1) is 6.58 Å². The molecule has 0 radical (unpaired) electrons. The van der Waals surface area contributed by atoms with Crippen LogP contribution in [0.1, 0.15) is 22.3 Å². The average molecular weight is 428 g/mol. The summed E-state index contributed by atoms with van der Waals surface area (Å²) >= 11 is 5.82. The van der Waals surface area contributed by atoms with Crippen molar-refractivity contribution in [1.29, 1.82) is 0 Å². The molecule has 8 nitrogen and oxygen atoms in total.